The van der Waals surface area contributed by atoms with E-state index in [1.807, 2.05) is 0 Å². The van der Waals surface area contributed by atoms with Crippen molar-refractivity contribution < 1.29 is 21.7 Å². The predicted molar refractivity (Wildman–Crippen MR) is 44.3 cm³/mol. The second-order valence-electron chi connectivity index (χ2n) is 2.66. The van der Waals surface area contributed by atoms with Crippen molar-refractivity contribution in [3.8, 4) is 0 Å². The van der Waals surface area contributed by atoms with Crippen molar-refractivity contribution in [3.05, 3.63) is 42.0 Å². The second kappa shape index (κ2) is 3.29. The van der Waals surface area contributed by atoms with Gasteiger partial charge in [0, 0.05) is 21.7 Å². The number of hydrogen-bond donors (Lipinski definition) is 0. The van der Waals surface area contributed by atoms with Crippen molar-refractivity contribution in [2.24, 2.45) is 0 Å². The first-order valence-corrected chi connectivity index (χ1v) is 3.48. The first-order valence-electron chi connectivity index (χ1n) is 3.48. The van der Waals surface area contributed by atoms with Crippen LogP contribution in [0.3, 0.4) is 0 Å². The zero-order valence-corrected chi connectivity index (χ0v) is 8.03. The third kappa shape index (κ3) is 1.58. The molecule has 2 aromatic carbocycles. The molecule has 0 amide bonds. The standard InChI is InChI=1S/C10H9.Ti/c1-8-6-9-4-2-3-5-10(9)7-8;/h2-7H,1H3;/q-1;. The minimum absolute atomic E-state index is 0. The molecule has 0 radical (unpaired) electrons. The molecule has 0 fully saturated rings. The summed E-state index contributed by atoms with van der Waals surface area (Å²) in [5.74, 6) is 0. The zero-order chi connectivity index (χ0) is 6.97. The largest absolute Gasteiger partial charge is 0.165 e. The van der Waals surface area contributed by atoms with Gasteiger partial charge < -0.3 is 0 Å². The molecule has 54 valence electrons. The van der Waals surface area contributed by atoms with Crippen molar-refractivity contribution in [1.29, 1.82) is 0 Å². The summed E-state index contributed by atoms with van der Waals surface area (Å²) < 4.78 is 0. The topological polar surface area (TPSA) is 0 Å². The van der Waals surface area contributed by atoms with Crippen LogP contribution in [0.5, 0.6) is 0 Å². The summed E-state index contributed by atoms with van der Waals surface area (Å²) in [6.45, 7) is 2.12. The molecule has 0 aliphatic heterocycles. The summed E-state index contributed by atoms with van der Waals surface area (Å²) in [5, 5.41) is 2.69. The van der Waals surface area contributed by atoms with Crippen LogP contribution in [-0.2, 0) is 21.7 Å². The van der Waals surface area contributed by atoms with Crippen LogP contribution >= 0.6 is 0 Å². The fourth-order valence-corrected chi connectivity index (χ4v) is 1.31. The SMILES string of the molecule is Cc1cc2ccccc2[cH-]1.[Ti]. The van der Waals surface area contributed by atoms with Gasteiger partial charge in [-0.2, -0.15) is 6.07 Å². The van der Waals surface area contributed by atoms with Gasteiger partial charge in [-0.1, -0.05) is 13.0 Å². The average Bonchev–Trinajstić information content (AvgIpc) is 2.27. The van der Waals surface area contributed by atoms with Crippen LogP contribution in [0.25, 0.3) is 10.8 Å². The Balaban J connectivity index is 0.000000605. The molecular formula is C10H9Ti-. The van der Waals surface area contributed by atoms with E-state index in [1.165, 1.54) is 16.3 Å². The number of fused-ring (bicyclic) bond motifs is 1. The molecule has 0 aromatic heterocycles. The van der Waals surface area contributed by atoms with Gasteiger partial charge in [0.1, 0.15) is 0 Å². The summed E-state index contributed by atoms with van der Waals surface area (Å²) in [5.41, 5.74) is 1.35. The minimum atomic E-state index is 0. The van der Waals surface area contributed by atoms with E-state index in [0.717, 1.165) is 0 Å². The van der Waals surface area contributed by atoms with Gasteiger partial charge in [-0.25, -0.2) is 0 Å². The van der Waals surface area contributed by atoms with Crippen LogP contribution < -0.4 is 0 Å². The number of hydrogen-bond acceptors (Lipinski definition) is 0. The van der Waals surface area contributed by atoms with E-state index >= 15 is 0 Å². The second-order valence-corrected chi connectivity index (χ2v) is 2.66. The molecule has 0 saturated carbocycles. The van der Waals surface area contributed by atoms with E-state index in [1.54, 1.807) is 0 Å². The molecule has 0 saturated heterocycles. The van der Waals surface area contributed by atoms with E-state index in [-0.39, 0.29) is 21.7 Å². The molecule has 0 bridgehead atoms. The molecule has 0 nitrogen and oxygen atoms in total. The Morgan fingerprint density at radius 3 is 2.64 bits per heavy atom. The maximum atomic E-state index is 2.20. The quantitative estimate of drug-likeness (QED) is 0.428. The van der Waals surface area contributed by atoms with E-state index < -0.39 is 0 Å². The van der Waals surface area contributed by atoms with Gasteiger partial charge >= 0.3 is 0 Å². The van der Waals surface area contributed by atoms with E-state index in [0.29, 0.717) is 0 Å². The monoisotopic (exact) mass is 177 g/mol. The fraction of sp³-hybridized carbons (Fsp3) is 0.100. The maximum Gasteiger partial charge on any atom is 0 e. The Labute approximate surface area is 81.5 Å². The normalized spacial score (nSPS) is 9.55. The Morgan fingerprint density at radius 2 is 1.91 bits per heavy atom. The van der Waals surface area contributed by atoms with Gasteiger partial charge in [0.15, 0.2) is 0 Å². The number of benzene rings is 1. The third-order valence-corrected chi connectivity index (χ3v) is 1.76. The Bertz CT molecular complexity index is 313. The molecule has 1 heteroatoms. The van der Waals surface area contributed by atoms with E-state index in [4.69, 9.17) is 0 Å². The Hall–Kier alpha value is -0.456. The zero-order valence-electron chi connectivity index (χ0n) is 6.46. The maximum absolute atomic E-state index is 2.20. The molecular weight excluding hydrogens is 168 g/mol. The summed E-state index contributed by atoms with van der Waals surface area (Å²) in [6.07, 6.45) is 0. The predicted octanol–water partition coefficient (Wildman–Crippen LogP) is 2.86. The third-order valence-electron chi connectivity index (χ3n) is 1.76. The number of aryl methyl sites for hydroxylation is 1. The molecule has 0 aliphatic rings. The van der Waals surface area contributed by atoms with Gasteiger partial charge in [0.2, 0.25) is 0 Å². The average molecular weight is 177 g/mol. The Morgan fingerprint density at radius 1 is 1.18 bits per heavy atom. The summed E-state index contributed by atoms with van der Waals surface area (Å²) in [6, 6.07) is 12.8. The molecule has 11 heavy (non-hydrogen) atoms. The Kier molecular flexibility index (Phi) is 2.59. The van der Waals surface area contributed by atoms with Gasteiger partial charge in [-0.05, 0) is 0 Å². The van der Waals surface area contributed by atoms with E-state index in [2.05, 4.69) is 43.3 Å². The number of rotatable bonds is 0. The molecule has 0 aliphatic carbocycles. The van der Waals surface area contributed by atoms with Crippen LogP contribution in [0.15, 0.2) is 36.4 Å². The van der Waals surface area contributed by atoms with Crippen molar-refractivity contribution in [3.63, 3.8) is 0 Å². The van der Waals surface area contributed by atoms with Crippen LogP contribution in [0, 0.1) is 6.92 Å². The summed E-state index contributed by atoms with van der Waals surface area (Å²) in [7, 11) is 0. The molecule has 0 N–H and O–H groups in total. The van der Waals surface area contributed by atoms with Crippen LogP contribution in [0.2, 0.25) is 0 Å². The van der Waals surface area contributed by atoms with Gasteiger partial charge in [-0.3, -0.25) is 0 Å². The van der Waals surface area contributed by atoms with Crippen molar-refractivity contribution in [2.75, 3.05) is 0 Å². The van der Waals surface area contributed by atoms with Gasteiger partial charge in [0.05, 0.1) is 0 Å². The van der Waals surface area contributed by atoms with Gasteiger partial charge in [0.25, 0.3) is 0 Å². The molecule has 2 rings (SSSR count). The van der Waals surface area contributed by atoms with Crippen LogP contribution in [0.4, 0.5) is 0 Å². The van der Waals surface area contributed by atoms with Crippen molar-refractivity contribution in [2.45, 2.75) is 6.92 Å². The molecule has 0 spiro atoms. The fourth-order valence-electron chi connectivity index (χ4n) is 1.31. The van der Waals surface area contributed by atoms with Crippen molar-refractivity contribution >= 4 is 10.8 Å². The first kappa shape index (κ1) is 8.64. The summed E-state index contributed by atoms with van der Waals surface area (Å²) >= 11 is 0. The smallest absolute Gasteiger partial charge is 0 e. The van der Waals surface area contributed by atoms with Crippen LogP contribution in [-0.4, -0.2) is 0 Å². The molecule has 0 unspecified atom stereocenters. The molecule has 0 heterocycles. The molecule has 0 atom stereocenters. The minimum Gasteiger partial charge on any atom is -0.165 e. The van der Waals surface area contributed by atoms with Crippen LogP contribution in [0.1, 0.15) is 5.56 Å². The summed E-state index contributed by atoms with van der Waals surface area (Å²) in [4.78, 5) is 0. The molecule has 2 aromatic rings. The van der Waals surface area contributed by atoms with Gasteiger partial charge in [-0.15, -0.1) is 40.6 Å². The van der Waals surface area contributed by atoms with Crippen molar-refractivity contribution in [1.82, 2.24) is 0 Å². The first-order chi connectivity index (χ1) is 4.86. The van der Waals surface area contributed by atoms with E-state index in [9.17, 15) is 0 Å².